The van der Waals surface area contributed by atoms with Crippen LogP contribution in [0, 0.1) is 0 Å². The van der Waals surface area contributed by atoms with Gasteiger partial charge in [0.1, 0.15) is 0 Å². The summed E-state index contributed by atoms with van der Waals surface area (Å²) in [5.74, 6) is 0. The first kappa shape index (κ1) is 30.2. The topological polar surface area (TPSA) is 12.4 Å². The predicted octanol–water partition coefficient (Wildman–Crippen LogP) is 11.5. The van der Waals surface area contributed by atoms with E-state index in [2.05, 4.69) is 177 Å². The molecular formula is C45H37N. The molecule has 0 amide bonds. The average Bonchev–Trinajstić information content (AvgIpc) is 3.14. The Kier molecular flexibility index (Phi) is 9.73. The zero-order valence-electron chi connectivity index (χ0n) is 26.2. The van der Waals surface area contributed by atoms with Crippen molar-refractivity contribution in [1.82, 2.24) is 0 Å². The molecule has 0 radical (unpaired) electrons. The van der Waals surface area contributed by atoms with E-state index in [1.165, 1.54) is 16.7 Å². The van der Waals surface area contributed by atoms with Gasteiger partial charge in [-0.3, -0.25) is 0 Å². The summed E-state index contributed by atoms with van der Waals surface area (Å²) < 4.78 is 0. The maximum atomic E-state index is 5.46. The lowest BCUT2D eigenvalue weighted by molar-refractivity contribution is 1.27. The summed E-state index contributed by atoms with van der Waals surface area (Å²) in [5, 5.41) is 0. The van der Waals surface area contributed by atoms with E-state index in [0.717, 1.165) is 56.8 Å². The van der Waals surface area contributed by atoms with E-state index in [0.29, 0.717) is 0 Å². The third-order valence-electron chi connectivity index (χ3n) is 8.16. The molecule has 1 nitrogen and oxygen atoms in total. The number of nitrogens with zero attached hydrogens (tertiary/aromatic N) is 1. The molecule has 0 spiro atoms. The Hall–Kier alpha value is -5.79. The Bertz CT molecular complexity index is 1980. The van der Waals surface area contributed by atoms with Gasteiger partial charge >= 0.3 is 0 Å². The van der Waals surface area contributed by atoms with Gasteiger partial charge in [-0.1, -0.05) is 183 Å². The molecule has 222 valence electrons. The van der Waals surface area contributed by atoms with Crippen molar-refractivity contribution < 1.29 is 0 Å². The summed E-state index contributed by atoms with van der Waals surface area (Å²) in [6, 6.07) is 61.2. The molecule has 0 aromatic heterocycles. The van der Waals surface area contributed by atoms with E-state index in [9.17, 15) is 0 Å². The van der Waals surface area contributed by atoms with Gasteiger partial charge in [0, 0.05) is 16.7 Å². The van der Waals surface area contributed by atoms with E-state index in [1.807, 2.05) is 18.2 Å². The molecule has 0 saturated heterocycles. The third kappa shape index (κ3) is 7.29. The Morgan fingerprint density at radius 2 is 0.957 bits per heavy atom. The standard InChI is InChI=1S/C45H37N/c1-34(37-21-10-4-11-22-37)44(39-25-14-6-15-26-39)46-45(40-27-16-7-17-28-40)35(2)41-29-18-30-42(33-41)43(38-23-12-5-13-24-38)32-31-36-19-8-3-9-20-36/h3-30,32-33H,2,31H2,1H3/b43-32+,44-34+,46-45+. The summed E-state index contributed by atoms with van der Waals surface area (Å²) in [7, 11) is 0. The maximum absolute atomic E-state index is 5.46. The minimum Gasteiger partial charge on any atom is -0.247 e. The zero-order valence-corrected chi connectivity index (χ0v) is 26.2. The van der Waals surface area contributed by atoms with Crippen LogP contribution < -0.4 is 0 Å². The van der Waals surface area contributed by atoms with Crippen LogP contribution in [0.25, 0.3) is 22.4 Å². The van der Waals surface area contributed by atoms with Gasteiger partial charge in [0.15, 0.2) is 0 Å². The van der Waals surface area contributed by atoms with Crippen molar-refractivity contribution in [3.05, 3.63) is 228 Å². The summed E-state index contributed by atoms with van der Waals surface area (Å²) in [4.78, 5) is 5.46. The van der Waals surface area contributed by atoms with Crippen molar-refractivity contribution in [3.63, 3.8) is 0 Å². The smallest absolute Gasteiger partial charge is 0.0781 e. The fourth-order valence-electron chi connectivity index (χ4n) is 5.67. The third-order valence-corrected chi connectivity index (χ3v) is 8.16. The van der Waals surface area contributed by atoms with Crippen LogP contribution >= 0.6 is 0 Å². The second kappa shape index (κ2) is 14.8. The van der Waals surface area contributed by atoms with Crippen molar-refractivity contribution in [3.8, 4) is 0 Å². The van der Waals surface area contributed by atoms with Gasteiger partial charge in [0.05, 0.1) is 11.4 Å². The van der Waals surface area contributed by atoms with Crippen molar-refractivity contribution in [1.29, 1.82) is 0 Å². The molecule has 0 aliphatic carbocycles. The number of benzene rings is 6. The molecule has 0 fully saturated rings. The lowest BCUT2D eigenvalue weighted by atomic mass is 9.91. The minimum absolute atomic E-state index is 0.844. The molecule has 0 N–H and O–H groups in total. The van der Waals surface area contributed by atoms with Crippen LogP contribution in [0.2, 0.25) is 0 Å². The van der Waals surface area contributed by atoms with Crippen LogP contribution in [0.5, 0.6) is 0 Å². The number of hydrogen-bond donors (Lipinski definition) is 0. The lowest BCUT2D eigenvalue weighted by Gasteiger charge is -2.16. The van der Waals surface area contributed by atoms with Crippen molar-refractivity contribution in [2.45, 2.75) is 13.3 Å². The Labute approximate surface area is 273 Å². The second-order valence-corrected chi connectivity index (χ2v) is 11.3. The van der Waals surface area contributed by atoms with E-state index >= 15 is 0 Å². The number of hydrogen-bond acceptors (Lipinski definition) is 1. The van der Waals surface area contributed by atoms with E-state index < -0.39 is 0 Å². The van der Waals surface area contributed by atoms with Crippen LogP contribution in [-0.4, -0.2) is 5.71 Å². The minimum atomic E-state index is 0.844. The van der Waals surface area contributed by atoms with Crippen molar-refractivity contribution in [2.24, 2.45) is 4.99 Å². The normalized spacial score (nSPS) is 12.4. The van der Waals surface area contributed by atoms with E-state index in [-0.39, 0.29) is 0 Å². The fraction of sp³-hybridized carbons (Fsp3) is 0.0444. The first-order valence-electron chi connectivity index (χ1n) is 15.7. The van der Waals surface area contributed by atoms with Gasteiger partial charge in [-0.25, -0.2) is 4.99 Å². The second-order valence-electron chi connectivity index (χ2n) is 11.3. The van der Waals surface area contributed by atoms with Gasteiger partial charge in [-0.2, -0.15) is 0 Å². The van der Waals surface area contributed by atoms with Crippen LogP contribution in [-0.2, 0) is 6.42 Å². The molecular weight excluding hydrogens is 555 g/mol. The van der Waals surface area contributed by atoms with Crippen LogP contribution in [0.4, 0.5) is 0 Å². The molecule has 0 unspecified atom stereocenters. The Balaban J connectivity index is 1.47. The zero-order chi connectivity index (χ0) is 31.6. The maximum Gasteiger partial charge on any atom is 0.0781 e. The molecule has 0 aliphatic rings. The molecule has 0 bridgehead atoms. The van der Waals surface area contributed by atoms with Gasteiger partial charge in [-0.15, -0.1) is 0 Å². The highest BCUT2D eigenvalue weighted by atomic mass is 14.8. The summed E-state index contributed by atoms with van der Waals surface area (Å²) in [5.41, 5.74) is 12.8. The summed E-state index contributed by atoms with van der Waals surface area (Å²) in [6.45, 7) is 6.82. The largest absolute Gasteiger partial charge is 0.247 e. The Morgan fingerprint density at radius 1 is 0.500 bits per heavy atom. The van der Waals surface area contributed by atoms with Gasteiger partial charge in [0.25, 0.3) is 0 Å². The molecule has 6 aromatic rings. The van der Waals surface area contributed by atoms with Gasteiger partial charge in [0.2, 0.25) is 0 Å². The van der Waals surface area contributed by atoms with Gasteiger partial charge in [-0.05, 0) is 58.4 Å². The predicted molar refractivity (Wildman–Crippen MR) is 197 cm³/mol. The molecule has 0 aliphatic heterocycles. The van der Waals surface area contributed by atoms with Crippen LogP contribution in [0.3, 0.4) is 0 Å². The molecule has 6 aromatic carbocycles. The van der Waals surface area contributed by atoms with Crippen molar-refractivity contribution in [2.75, 3.05) is 0 Å². The van der Waals surface area contributed by atoms with Crippen LogP contribution in [0.15, 0.2) is 194 Å². The first-order chi connectivity index (χ1) is 22.7. The highest BCUT2D eigenvalue weighted by molar-refractivity contribution is 6.32. The molecule has 0 heterocycles. The van der Waals surface area contributed by atoms with E-state index in [4.69, 9.17) is 4.99 Å². The quantitative estimate of drug-likeness (QED) is 0.111. The highest BCUT2D eigenvalue weighted by Gasteiger charge is 2.16. The van der Waals surface area contributed by atoms with Crippen molar-refractivity contribution >= 4 is 28.1 Å². The summed E-state index contributed by atoms with van der Waals surface area (Å²) >= 11 is 0. The van der Waals surface area contributed by atoms with Gasteiger partial charge < -0.3 is 0 Å². The molecule has 0 saturated carbocycles. The SMILES string of the molecule is C=C(/C(=N\C(=C(/C)c1ccccc1)c1ccccc1)c1ccccc1)c1cccc(/C(=C/Cc2ccccc2)c2ccccc2)c1. The monoisotopic (exact) mass is 591 g/mol. The molecule has 0 atom stereocenters. The van der Waals surface area contributed by atoms with Crippen LogP contribution in [0.1, 0.15) is 45.9 Å². The number of aliphatic imine (C=N–C) groups is 1. The average molecular weight is 592 g/mol. The number of allylic oxidation sites excluding steroid dienone is 3. The Morgan fingerprint density at radius 3 is 1.54 bits per heavy atom. The molecule has 1 heteroatoms. The summed E-state index contributed by atoms with van der Waals surface area (Å²) in [6.07, 6.45) is 3.18. The highest BCUT2D eigenvalue weighted by Crippen LogP contribution is 2.32. The number of rotatable bonds is 10. The molecule has 6 rings (SSSR count). The fourth-order valence-corrected chi connectivity index (χ4v) is 5.67. The lowest BCUT2D eigenvalue weighted by Crippen LogP contribution is -2.05. The molecule has 46 heavy (non-hydrogen) atoms. The first-order valence-corrected chi connectivity index (χ1v) is 15.7. The van der Waals surface area contributed by atoms with E-state index in [1.54, 1.807) is 0 Å².